The first-order valence-corrected chi connectivity index (χ1v) is 6.02. The zero-order chi connectivity index (χ0) is 12.7. The van der Waals surface area contributed by atoms with Crippen LogP contribution < -0.4 is 10.4 Å². The minimum atomic E-state index is -0.311. The Labute approximate surface area is 109 Å². The van der Waals surface area contributed by atoms with Gasteiger partial charge in [0.05, 0.1) is 12.8 Å². The maximum atomic E-state index is 11.8. The molecule has 2 heterocycles. The van der Waals surface area contributed by atoms with Gasteiger partial charge in [-0.05, 0) is 18.1 Å². The van der Waals surface area contributed by atoms with Crippen molar-refractivity contribution in [2.75, 3.05) is 7.11 Å². The number of methoxy groups -OCH3 is 1. The Morgan fingerprint density at radius 2 is 2.28 bits per heavy atom. The van der Waals surface area contributed by atoms with Gasteiger partial charge >= 0.3 is 5.69 Å². The fraction of sp³-hybridized carbons (Fsp3) is 0.231. The van der Waals surface area contributed by atoms with E-state index in [0.29, 0.717) is 6.54 Å². The molecule has 0 atom stereocenters. The van der Waals surface area contributed by atoms with Crippen molar-refractivity contribution in [1.29, 1.82) is 0 Å². The van der Waals surface area contributed by atoms with Gasteiger partial charge in [-0.15, -0.1) is 0 Å². The first kappa shape index (κ1) is 11.3. The minimum Gasteiger partial charge on any atom is -0.496 e. The van der Waals surface area contributed by atoms with Crippen molar-refractivity contribution in [1.82, 2.24) is 9.55 Å². The Hall–Kier alpha value is -1.81. The molecule has 1 aromatic carbocycles. The molecule has 0 N–H and O–H groups in total. The van der Waals surface area contributed by atoms with Crippen LogP contribution in [0.25, 0.3) is 11.3 Å². The topological polar surface area (TPSA) is 44.1 Å². The highest BCUT2D eigenvalue weighted by Gasteiger charge is 2.21. The number of aryl methyl sites for hydroxylation is 1. The summed E-state index contributed by atoms with van der Waals surface area (Å²) >= 11 is 5.88. The molecule has 0 saturated carbocycles. The number of hydrogen-bond donors (Lipinski definition) is 0. The summed E-state index contributed by atoms with van der Waals surface area (Å²) in [5, 5.41) is 0.213. The van der Waals surface area contributed by atoms with E-state index in [9.17, 15) is 4.79 Å². The van der Waals surface area contributed by atoms with Gasteiger partial charge in [-0.3, -0.25) is 4.57 Å². The second kappa shape index (κ2) is 4.14. The molecule has 0 spiro atoms. The van der Waals surface area contributed by atoms with Gasteiger partial charge < -0.3 is 4.74 Å². The fourth-order valence-corrected chi connectivity index (χ4v) is 2.55. The number of rotatable bonds is 1. The molecule has 0 fully saturated rings. The second-order valence-corrected chi connectivity index (χ2v) is 4.53. The third-order valence-electron chi connectivity index (χ3n) is 3.17. The average molecular weight is 263 g/mol. The van der Waals surface area contributed by atoms with Gasteiger partial charge in [-0.2, -0.15) is 4.98 Å². The van der Waals surface area contributed by atoms with E-state index in [4.69, 9.17) is 16.3 Å². The van der Waals surface area contributed by atoms with Crippen LogP contribution in [-0.2, 0) is 13.0 Å². The molecule has 1 aliphatic rings. The standard InChI is InChI=1S/C13H11ClN2O2/c1-18-10-4-2-3-8-5-6-16-9(12(8)10)7-11(14)15-13(16)17/h2-4,7H,5-6H2,1H3. The fourth-order valence-electron chi connectivity index (χ4n) is 2.38. The van der Waals surface area contributed by atoms with Gasteiger partial charge in [0.15, 0.2) is 0 Å². The van der Waals surface area contributed by atoms with Gasteiger partial charge in [0.1, 0.15) is 10.9 Å². The summed E-state index contributed by atoms with van der Waals surface area (Å²) in [6.07, 6.45) is 0.794. The summed E-state index contributed by atoms with van der Waals surface area (Å²) < 4.78 is 7.01. The molecule has 1 aliphatic heterocycles. The quantitative estimate of drug-likeness (QED) is 0.740. The highest BCUT2D eigenvalue weighted by Crippen LogP contribution is 2.36. The second-order valence-electron chi connectivity index (χ2n) is 4.14. The lowest BCUT2D eigenvalue weighted by molar-refractivity contribution is 0.414. The molecule has 0 saturated heterocycles. The highest BCUT2D eigenvalue weighted by molar-refractivity contribution is 6.29. The molecule has 4 nitrogen and oxygen atoms in total. The normalized spacial score (nSPS) is 12.8. The number of fused-ring (bicyclic) bond motifs is 3. The Kier molecular flexibility index (Phi) is 2.59. The Balaban J connectivity index is 2.37. The zero-order valence-corrected chi connectivity index (χ0v) is 10.6. The van der Waals surface area contributed by atoms with Gasteiger partial charge in [0, 0.05) is 18.2 Å². The summed E-state index contributed by atoms with van der Waals surface area (Å²) in [5.41, 5.74) is 2.57. The largest absolute Gasteiger partial charge is 0.496 e. The predicted molar refractivity (Wildman–Crippen MR) is 69.2 cm³/mol. The van der Waals surface area contributed by atoms with Crippen LogP contribution in [0.1, 0.15) is 5.56 Å². The number of benzene rings is 1. The van der Waals surface area contributed by atoms with Crippen LogP contribution in [-0.4, -0.2) is 16.7 Å². The van der Waals surface area contributed by atoms with E-state index in [0.717, 1.165) is 29.0 Å². The van der Waals surface area contributed by atoms with E-state index in [1.54, 1.807) is 17.7 Å². The number of nitrogens with zero attached hydrogens (tertiary/aromatic N) is 2. The summed E-state index contributed by atoms with van der Waals surface area (Å²) in [4.78, 5) is 15.6. The monoisotopic (exact) mass is 262 g/mol. The van der Waals surface area contributed by atoms with Crippen molar-refractivity contribution in [2.24, 2.45) is 0 Å². The number of hydrogen-bond acceptors (Lipinski definition) is 3. The molecule has 0 amide bonds. The SMILES string of the molecule is COc1cccc2c1-c1cc(Cl)nc(=O)n1CC2. The maximum Gasteiger partial charge on any atom is 0.349 e. The molecule has 0 bridgehead atoms. The molecule has 0 radical (unpaired) electrons. The molecule has 92 valence electrons. The molecule has 3 rings (SSSR count). The Morgan fingerprint density at radius 1 is 1.44 bits per heavy atom. The van der Waals surface area contributed by atoms with E-state index >= 15 is 0 Å². The van der Waals surface area contributed by atoms with Gasteiger partial charge in [-0.25, -0.2) is 4.79 Å². The Morgan fingerprint density at radius 3 is 3.06 bits per heavy atom. The lowest BCUT2D eigenvalue weighted by Gasteiger charge is -2.22. The van der Waals surface area contributed by atoms with Crippen LogP contribution in [0.15, 0.2) is 29.1 Å². The van der Waals surface area contributed by atoms with Gasteiger partial charge in [0.25, 0.3) is 0 Å². The molecule has 1 aromatic heterocycles. The van der Waals surface area contributed by atoms with Crippen molar-refractivity contribution in [3.05, 3.63) is 45.5 Å². The highest BCUT2D eigenvalue weighted by atomic mass is 35.5. The third kappa shape index (κ3) is 1.61. The van der Waals surface area contributed by atoms with Crippen molar-refractivity contribution in [2.45, 2.75) is 13.0 Å². The van der Waals surface area contributed by atoms with E-state index < -0.39 is 0 Å². The van der Waals surface area contributed by atoms with Crippen LogP contribution in [0.2, 0.25) is 5.15 Å². The van der Waals surface area contributed by atoms with Crippen molar-refractivity contribution in [3.63, 3.8) is 0 Å². The lowest BCUT2D eigenvalue weighted by Crippen LogP contribution is -2.28. The van der Waals surface area contributed by atoms with Gasteiger partial charge in [0.2, 0.25) is 0 Å². The number of halogens is 1. The molecular weight excluding hydrogens is 252 g/mol. The third-order valence-corrected chi connectivity index (χ3v) is 3.37. The summed E-state index contributed by atoms with van der Waals surface area (Å²) in [6, 6.07) is 7.59. The van der Waals surface area contributed by atoms with E-state index in [1.165, 1.54) is 0 Å². The smallest absolute Gasteiger partial charge is 0.349 e. The van der Waals surface area contributed by atoms with Crippen LogP contribution in [0.3, 0.4) is 0 Å². The summed E-state index contributed by atoms with van der Waals surface area (Å²) in [7, 11) is 1.62. The van der Waals surface area contributed by atoms with Crippen LogP contribution in [0.4, 0.5) is 0 Å². The molecule has 18 heavy (non-hydrogen) atoms. The average Bonchev–Trinajstić information content (AvgIpc) is 2.37. The van der Waals surface area contributed by atoms with Gasteiger partial charge in [-0.1, -0.05) is 23.7 Å². The van der Waals surface area contributed by atoms with E-state index in [-0.39, 0.29) is 10.8 Å². The summed E-state index contributed by atoms with van der Waals surface area (Å²) in [6.45, 7) is 0.624. The zero-order valence-electron chi connectivity index (χ0n) is 9.81. The lowest BCUT2D eigenvalue weighted by atomic mass is 9.97. The number of ether oxygens (including phenoxy) is 1. The number of aromatic nitrogens is 2. The Bertz CT molecular complexity index is 665. The minimum absolute atomic E-state index is 0.213. The van der Waals surface area contributed by atoms with E-state index in [2.05, 4.69) is 4.98 Å². The maximum absolute atomic E-state index is 11.8. The molecule has 0 aliphatic carbocycles. The van der Waals surface area contributed by atoms with Crippen LogP contribution in [0, 0.1) is 0 Å². The van der Waals surface area contributed by atoms with Crippen LogP contribution >= 0.6 is 11.6 Å². The molecule has 2 aromatic rings. The van der Waals surface area contributed by atoms with Crippen molar-refractivity contribution >= 4 is 11.6 Å². The first-order chi connectivity index (χ1) is 8.70. The van der Waals surface area contributed by atoms with E-state index in [1.807, 2.05) is 18.2 Å². The van der Waals surface area contributed by atoms with Crippen LogP contribution in [0.5, 0.6) is 5.75 Å². The first-order valence-electron chi connectivity index (χ1n) is 5.64. The molecule has 0 unspecified atom stereocenters. The van der Waals surface area contributed by atoms with Crippen molar-refractivity contribution < 1.29 is 4.74 Å². The molecular formula is C13H11ClN2O2. The van der Waals surface area contributed by atoms with Crippen molar-refractivity contribution in [3.8, 4) is 17.0 Å². The summed E-state index contributed by atoms with van der Waals surface area (Å²) in [5.74, 6) is 0.752. The predicted octanol–water partition coefficient (Wildman–Crippen LogP) is 2.13. The molecule has 5 heteroatoms.